The van der Waals surface area contributed by atoms with Gasteiger partial charge in [-0.1, -0.05) is 22.0 Å². The van der Waals surface area contributed by atoms with Gasteiger partial charge in [-0.05, 0) is 59.1 Å². The van der Waals surface area contributed by atoms with Gasteiger partial charge < -0.3 is 5.32 Å². The zero-order valence-electron chi connectivity index (χ0n) is 10.5. The lowest BCUT2D eigenvalue weighted by atomic mass is 10.1. The van der Waals surface area contributed by atoms with Gasteiger partial charge in [-0.3, -0.25) is 4.79 Å². The number of carbonyl (C=O) groups excluding carboxylic acids is 1. The first-order chi connectivity index (χ1) is 8.97. The average molecular weight is 384 g/mol. The largest absolute Gasteiger partial charge is 0.321 e. The Morgan fingerprint density at radius 3 is 2.58 bits per heavy atom. The molecule has 1 heterocycles. The fourth-order valence-electron chi connectivity index (χ4n) is 1.66. The first-order valence-corrected chi connectivity index (χ1v) is 7.25. The molecule has 19 heavy (non-hydrogen) atoms. The second kappa shape index (κ2) is 5.84. The predicted octanol–water partition coefficient (Wildman–Crippen LogP) is 4.48. The highest BCUT2D eigenvalue weighted by molar-refractivity contribution is 9.10. The second-order valence-electron chi connectivity index (χ2n) is 4.25. The normalized spacial score (nSPS) is 10.3. The van der Waals surface area contributed by atoms with Crippen molar-refractivity contribution in [1.82, 2.24) is 4.98 Å². The lowest BCUT2D eigenvalue weighted by Gasteiger charge is -2.09. The van der Waals surface area contributed by atoms with Crippen molar-refractivity contribution >= 4 is 43.5 Å². The molecule has 2 aromatic rings. The summed E-state index contributed by atoms with van der Waals surface area (Å²) in [6, 6.07) is 7.51. The molecule has 0 aliphatic heterocycles. The van der Waals surface area contributed by atoms with Crippen LogP contribution in [0.2, 0.25) is 0 Å². The molecule has 0 unspecified atom stereocenters. The summed E-state index contributed by atoms with van der Waals surface area (Å²) in [6.07, 6.45) is 1.63. The van der Waals surface area contributed by atoms with Crippen LogP contribution < -0.4 is 5.32 Å². The van der Waals surface area contributed by atoms with E-state index in [4.69, 9.17) is 0 Å². The van der Waals surface area contributed by atoms with Crippen LogP contribution in [0.1, 0.15) is 21.5 Å². The Morgan fingerprint density at radius 2 is 1.89 bits per heavy atom. The molecule has 0 radical (unpaired) electrons. The fraction of sp³-hybridized carbons (Fsp3) is 0.143. The van der Waals surface area contributed by atoms with Crippen LogP contribution in [-0.2, 0) is 0 Å². The number of hydrogen-bond donors (Lipinski definition) is 1. The van der Waals surface area contributed by atoms with Gasteiger partial charge in [0.25, 0.3) is 5.91 Å². The summed E-state index contributed by atoms with van der Waals surface area (Å²) in [5.74, 6) is -0.137. The summed E-state index contributed by atoms with van der Waals surface area (Å²) in [5.41, 5.74) is 3.24. The van der Waals surface area contributed by atoms with Crippen LogP contribution in [0.4, 0.5) is 5.69 Å². The Balaban J connectivity index is 2.25. The van der Waals surface area contributed by atoms with Gasteiger partial charge in [-0.25, -0.2) is 4.98 Å². The third-order valence-electron chi connectivity index (χ3n) is 2.72. The maximum atomic E-state index is 12.2. The number of anilines is 1. The van der Waals surface area contributed by atoms with Crippen molar-refractivity contribution in [2.24, 2.45) is 0 Å². The number of nitrogens with one attached hydrogen (secondary N) is 1. The van der Waals surface area contributed by atoms with Crippen LogP contribution in [0.5, 0.6) is 0 Å². The van der Waals surface area contributed by atoms with E-state index in [0.29, 0.717) is 11.3 Å². The van der Waals surface area contributed by atoms with Gasteiger partial charge in [0.1, 0.15) is 4.60 Å². The smallest absolute Gasteiger partial charge is 0.256 e. The number of rotatable bonds is 2. The van der Waals surface area contributed by atoms with Crippen LogP contribution in [0.15, 0.2) is 39.5 Å². The number of nitrogens with zero attached hydrogens (tertiary/aromatic N) is 1. The van der Waals surface area contributed by atoms with Crippen molar-refractivity contribution < 1.29 is 4.79 Å². The summed E-state index contributed by atoms with van der Waals surface area (Å²) in [4.78, 5) is 16.4. The molecule has 0 saturated heterocycles. The molecule has 3 nitrogen and oxygen atoms in total. The van der Waals surface area contributed by atoms with Gasteiger partial charge in [0.2, 0.25) is 0 Å². The summed E-state index contributed by atoms with van der Waals surface area (Å²) in [7, 11) is 0. The third-order valence-corrected chi connectivity index (χ3v) is 4.04. The molecule has 0 atom stereocenters. The molecule has 1 amide bonds. The molecule has 0 fully saturated rings. The summed E-state index contributed by atoms with van der Waals surface area (Å²) in [6.45, 7) is 3.84. The molecule has 1 aromatic carbocycles. The van der Waals surface area contributed by atoms with Crippen LogP contribution in [0, 0.1) is 13.8 Å². The highest BCUT2D eigenvalue weighted by Gasteiger charge is 2.10. The van der Waals surface area contributed by atoms with Crippen molar-refractivity contribution in [1.29, 1.82) is 0 Å². The number of amides is 1. The number of aromatic nitrogens is 1. The molecule has 98 valence electrons. The Morgan fingerprint density at radius 1 is 1.16 bits per heavy atom. The number of benzene rings is 1. The monoisotopic (exact) mass is 382 g/mol. The van der Waals surface area contributed by atoms with Gasteiger partial charge in [-0.15, -0.1) is 0 Å². The third kappa shape index (κ3) is 3.42. The van der Waals surface area contributed by atoms with Gasteiger partial charge >= 0.3 is 0 Å². The Labute approximate surface area is 128 Å². The highest BCUT2D eigenvalue weighted by Crippen LogP contribution is 2.20. The number of hydrogen-bond acceptors (Lipinski definition) is 2. The van der Waals surface area contributed by atoms with E-state index in [9.17, 15) is 4.79 Å². The fourth-order valence-corrected chi connectivity index (χ4v) is 2.24. The highest BCUT2D eigenvalue weighted by atomic mass is 79.9. The summed E-state index contributed by atoms with van der Waals surface area (Å²) in [5, 5.41) is 2.85. The van der Waals surface area contributed by atoms with Gasteiger partial charge in [0.15, 0.2) is 0 Å². The van der Waals surface area contributed by atoms with Gasteiger partial charge in [0.05, 0.1) is 11.9 Å². The first-order valence-electron chi connectivity index (χ1n) is 5.67. The van der Waals surface area contributed by atoms with E-state index in [2.05, 4.69) is 42.2 Å². The summed E-state index contributed by atoms with van der Waals surface area (Å²) >= 11 is 6.70. The van der Waals surface area contributed by atoms with Crippen LogP contribution >= 0.6 is 31.9 Å². The molecule has 2 rings (SSSR count). The van der Waals surface area contributed by atoms with E-state index in [0.717, 1.165) is 20.2 Å². The maximum Gasteiger partial charge on any atom is 0.256 e. The predicted molar refractivity (Wildman–Crippen MR) is 83.5 cm³/mol. The van der Waals surface area contributed by atoms with Gasteiger partial charge in [-0.2, -0.15) is 0 Å². The lowest BCUT2D eigenvalue weighted by Crippen LogP contribution is -2.13. The molecule has 1 N–H and O–H groups in total. The van der Waals surface area contributed by atoms with E-state index >= 15 is 0 Å². The molecule has 1 aromatic heterocycles. The van der Waals surface area contributed by atoms with Crippen LogP contribution in [0.3, 0.4) is 0 Å². The minimum atomic E-state index is -0.137. The lowest BCUT2D eigenvalue weighted by molar-refractivity contribution is 0.102. The number of carbonyl (C=O) groups is 1. The van der Waals surface area contributed by atoms with Crippen molar-refractivity contribution in [2.75, 3.05) is 5.32 Å². The van der Waals surface area contributed by atoms with Crippen LogP contribution in [-0.4, -0.2) is 10.9 Å². The quantitative estimate of drug-likeness (QED) is 0.777. The van der Waals surface area contributed by atoms with E-state index < -0.39 is 0 Å². The van der Waals surface area contributed by atoms with Crippen molar-refractivity contribution in [3.8, 4) is 0 Å². The molecule has 0 spiro atoms. The maximum absolute atomic E-state index is 12.2. The van der Waals surface area contributed by atoms with E-state index in [1.165, 1.54) is 0 Å². The Hall–Kier alpha value is -1.20. The Kier molecular flexibility index (Phi) is 4.37. The number of aryl methyl sites for hydroxylation is 2. The molecule has 5 heteroatoms. The van der Waals surface area contributed by atoms with E-state index in [1.807, 2.05) is 38.1 Å². The molecule has 0 aliphatic carbocycles. The van der Waals surface area contributed by atoms with Crippen LogP contribution in [0.25, 0.3) is 0 Å². The minimum absolute atomic E-state index is 0.137. The van der Waals surface area contributed by atoms with Gasteiger partial charge in [0, 0.05) is 10.0 Å². The SMILES string of the molecule is Cc1ccc(Br)cc1C(=O)Nc1cnc(Br)c(C)c1. The van der Waals surface area contributed by atoms with Crippen molar-refractivity contribution in [3.63, 3.8) is 0 Å². The topological polar surface area (TPSA) is 42.0 Å². The average Bonchev–Trinajstić information content (AvgIpc) is 2.36. The molecule has 0 bridgehead atoms. The minimum Gasteiger partial charge on any atom is -0.321 e. The summed E-state index contributed by atoms with van der Waals surface area (Å²) < 4.78 is 1.66. The zero-order valence-corrected chi connectivity index (χ0v) is 13.7. The van der Waals surface area contributed by atoms with Crippen molar-refractivity contribution in [2.45, 2.75) is 13.8 Å². The van der Waals surface area contributed by atoms with E-state index in [1.54, 1.807) is 6.20 Å². The number of pyridine rings is 1. The zero-order chi connectivity index (χ0) is 14.0. The molecular weight excluding hydrogens is 372 g/mol. The number of halogens is 2. The molecular formula is C14H12Br2N2O. The van der Waals surface area contributed by atoms with E-state index in [-0.39, 0.29) is 5.91 Å². The first kappa shape index (κ1) is 14.2. The second-order valence-corrected chi connectivity index (χ2v) is 5.91. The van der Waals surface area contributed by atoms with Crippen molar-refractivity contribution in [3.05, 3.63) is 56.2 Å². The standard InChI is InChI=1S/C14H12Br2N2O/c1-8-3-4-10(15)6-12(8)14(19)18-11-5-9(2)13(16)17-7-11/h3-7H,1-2H3,(H,18,19). The molecule has 0 aliphatic rings. The Bertz CT molecular complexity index is 641. The molecule has 0 saturated carbocycles.